The Labute approximate surface area is 171 Å². The maximum absolute atomic E-state index is 12.9. The second-order valence-corrected chi connectivity index (χ2v) is 8.84. The number of hydrogen-bond acceptors (Lipinski definition) is 6. The van der Waals surface area contributed by atoms with E-state index in [1.54, 1.807) is 21.1 Å². The van der Waals surface area contributed by atoms with Gasteiger partial charge in [-0.2, -0.15) is 0 Å². The maximum atomic E-state index is 12.9. The fourth-order valence-electron chi connectivity index (χ4n) is 3.27. The number of aryl methyl sites for hydroxylation is 2. The Bertz CT molecular complexity index is 882. The van der Waals surface area contributed by atoms with Crippen molar-refractivity contribution in [3.8, 4) is 0 Å². The van der Waals surface area contributed by atoms with Crippen LogP contribution < -0.4 is 0 Å². The summed E-state index contributed by atoms with van der Waals surface area (Å²) < 4.78 is 0. The summed E-state index contributed by atoms with van der Waals surface area (Å²) in [6.07, 6.45) is 2.98. The number of thiophene rings is 2. The highest BCUT2D eigenvalue weighted by molar-refractivity contribution is 7.17. The van der Waals surface area contributed by atoms with Crippen molar-refractivity contribution in [2.45, 2.75) is 33.1 Å². The first-order valence-electron chi connectivity index (χ1n) is 9.38. The molecule has 0 atom stereocenters. The third-order valence-electron chi connectivity index (χ3n) is 4.80. The molecule has 0 radical (unpaired) electrons. The van der Waals surface area contributed by atoms with Gasteiger partial charge >= 0.3 is 5.00 Å². The minimum atomic E-state index is -0.490. The zero-order valence-corrected chi connectivity index (χ0v) is 17.6. The number of piperazine rings is 1. The zero-order valence-electron chi connectivity index (χ0n) is 16.0. The third-order valence-corrected chi connectivity index (χ3v) is 7.05. The highest BCUT2D eigenvalue weighted by Crippen LogP contribution is 2.27. The minimum Gasteiger partial charge on any atom is -0.334 e. The van der Waals surface area contributed by atoms with E-state index in [4.69, 9.17) is 0 Å². The van der Waals surface area contributed by atoms with E-state index in [-0.39, 0.29) is 16.8 Å². The van der Waals surface area contributed by atoms with Crippen molar-refractivity contribution in [1.82, 2.24) is 9.80 Å². The summed E-state index contributed by atoms with van der Waals surface area (Å²) >= 11 is 2.47. The number of rotatable bonds is 6. The SMILES string of the molecule is CCCc1sc(C(=O)N2CCN(C(=O)c3ccc([N+](=O)[O-])s3)CC2)cc1CC. The molecule has 2 aromatic heterocycles. The van der Waals surface area contributed by atoms with Crippen LogP contribution in [0.15, 0.2) is 18.2 Å². The lowest BCUT2D eigenvalue weighted by Gasteiger charge is -2.34. The lowest BCUT2D eigenvalue weighted by molar-refractivity contribution is -0.380. The largest absolute Gasteiger partial charge is 0.334 e. The van der Waals surface area contributed by atoms with Gasteiger partial charge in [-0.1, -0.05) is 31.6 Å². The summed E-state index contributed by atoms with van der Waals surface area (Å²) in [6.45, 7) is 6.06. The van der Waals surface area contributed by atoms with Gasteiger partial charge in [0.1, 0.15) is 0 Å². The first kappa shape index (κ1) is 20.5. The van der Waals surface area contributed by atoms with Gasteiger partial charge in [0.15, 0.2) is 0 Å². The Morgan fingerprint density at radius 2 is 1.64 bits per heavy atom. The number of nitro groups is 1. The van der Waals surface area contributed by atoms with Crippen LogP contribution in [-0.2, 0) is 12.8 Å². The van der Waals surface area contributed by atoms with Crippen LogP contribution in [0, 0.1) is 10.1 Å². The predicted molar refractivity (Wildman–Crippen MR) is 110 cm³/mol. The molecule has 9 heteroatoms. The van der Waals surface area contributed by atoms with Gasteiger partial charge in [0.05, 0.1) is 14.7 Å². The molecule has 1 aliphatic rings. The van der Waals surface area contributed by atoms with E-state index in [0.717, 1.165) is 35.5 Å². The van der Waals surface area contributed by atoms with Gasteiger partial charge in [-0.15, -0.1) is 11.3 Å². The van der Waals surface area contributed by atoms with E-state index < -0.39 is 4.92 Å². The van der Waals surface area contributed by atoms with Crippen molar-refractivity contribution in [3.63, 3.8) is 0 Å². The van der Waals surface area contributed by atoms with E-state index in [9.17, 15) is 19.7 Å². The lowest BCUT2D eigenvalue weighted by Crippen LogP contribution is -2.50. The van der Waals surface area contributed by atoms with Crippen LogP contribution in [0.5, 0.6) is 0 Å². The van der Waals surface area contributed by atoms with Crippen LogP contribution in [-0.4, -0.2) is 52.7 Å². The maximum Gasteiger partial charge on any atom is 0.324 e. The molecular formula is C19H23N3O4S2. The van der Waals surface area contributed by atoms with Gasteiger partial charge in [0.25, 0.3) is 11.8 Å². The molecule has 0 spiro atoms. The van der Waals surface area contributed by atoms with Crippen molar-refractivity contribution >= 4 is 39.5 Å². The van der Waals surface area contributed by atoms with Crippen molar-refractivity contribution < 1.29 is 14.5 Å². The molecule has 28 heavy (non-hydrogen) atoms. The molecule has 7 nitrogen and oxygen atoms in total. The first-order valence-corrected chi connectivity index (χ1v) is 11.0. The fraction of sp³-hybridized carbons (Fsp3) is 0.474. The zero-order chi connectivity index (χ0) is 20.3. The van der Waals surface area contributed by atoms with Crippen molar-refractivity contribution in [2.24, 2.45) is 0 Å². The quantitative estimate of drug-likeness (QED) is 0.524. The summed E-state index contributed by atoms with van der Waals surface area (Å²) in [5.41, 5.74) is 1.25. The van der Waals surface area contributed by atoms with Crippen LogP contribution in [0.1, 0.15) is 50.1 Å². The highest BCUT2D eigenvalue weighted by Gasteiger charge is 2.28. The van der Waals surface area contributed by atoms with Gasteiger partial charge in [-0.25, -0.2) is 0 Å². The molecule has 150 valence electrons. The fourth-order valence-corrected chi connectivity index (χ4v) is 5.39. The van der Waals surface area contributed by atoms with Crippen molar-refractivity contribution in [1.29, 1.82) is 0 Å². The highest BCUT2D eigenvalue weighted by atomic mass is 32.1. The average Bonchev–Trinajstić information content (AvgIpc) is 3.35. The number of nitrogens with zero attached hydrogens (tertiary/aromatic N) is 3. The average molecular weight is 422 g/mol. The van der Waals surface area contributed by atoms with E-state index >= 15 is 0 Å². The molecule has 3 rings (SSSR count). The Balaban J connectivity index is 1.62. The predicted octanol–water partition coefficient (Wildman–Crippen LogP) is 3.83. The molecule has 2 aromatic rings. The van der Waals surface area contributed by atoms with Crippen molar-refractivity contribution in [3.05, 3.63) is 48.5 Å². The Hall–Kier alpha value is -2.26. The van der Waals surface area contributed by atoms with Crippen LogP contribution in [0.4, 0.5) is 5.00 Å². The Morgan fingerprint density at radius 1 is 1.04 bits per heavy atom. The summed E-state index contributed by atoms with van der Waals surface area (Å²) in [7, 11) is 0. The molecule has 0 N–H and O–H groups in total. The van der Waals surface area contributed by atoms with E-state index in [2.05, 4.69) is 13.8 Å². The van der Waals surface area contributed by atoms with Gasteiger partial charge in [-0.3, -0.25) is 19.7 Å². The van der Waals surface area contributed by atoms with Gasteiger partial charge in [0.2, 0.25) is 0 Å². The molecule has 3 heterocycles. The first-order chi connectivity index (χ1) is 13.4. The Kier molecular flexibility index (Phi) is 6.46. The standard InChI is InChI=1S/C19H23N3O4S2/c1-3-5-14-13(4-2)12-16(27-14)19(24)21-10-8-20(9-11-21)18(23)15-6-7-17(28-15)22(25)26/h6-7,12H,3-5,8-11H2,1-2H3. The molecule has 0 aliphatic carbocycles. The second-order valence-electron chi connectivity index (χ2n) is 6.64. The number of hydrogen-bond donors (Lipinski definition) is 0. The van der Waals surface area contributed by atoms with E-state index in [1.807, 2.05) is 6.07 Å². The molecule has 0 saturated carbocycles. The van der Waals surface area contributed by atoms with E-state index in [1.165, 1.54) is 22.6 Å². The molecule has 2 amide bonds. The number of amides is 2. The molecule has 0 aromatic carbocycles. The monoisotopic (exact) mass is 421 g/mol. The topological polar surface area (TPSA) is 83.8 Å². The molecule has 1 saturated heterocycles. The number of carbonyl (C=O) groups is 2. The molecular weight excluding hydrogens is 398 g/mol. The van der Waals surface area contributed by atoms with Gasteiger partial charge < -0.3 is 9.80 Å². The van der Waals surface area contributed by atoms with Gasteiger partial charge in [-0.05, 0) is 30.5 Å². The molecule has 1 fully saturated rings. The molecule has 0 unspecified atom stereocenters. The van der Waals surface area contributed by atoms with Crippen LogP contribution >= 0.6 is 22.7 Å². The van der Waals surface area contributed by atoms with E-state index in [0.29, 0.717) is 31.1 Å². The minimum absolute atomic E-state index is 0.0286. The third kappa shape index (κ3) is 4.25. The summed E-state index contributed by atoms with van der Waals surface area (Å²) in [5.74, 6) is -0.180. The number of carbonyl (C=O) groups excluding carboxylic acids is 2. The Morgan fingerprint density at radius 3 is 2.14 bits per heavy atom. The van der Waals surface area contributed by atoms with Crippen LogP contribution in [0.3, 0.4) is 0 Å². The summed E-state index contributed by atoms with van der Waals surface area (Å²) in [6, 6.07) is 4.86. The summed E-state index contributed by atoms with van der Waals surface area (Å²) in [5, 5.41) is 10.8. The van der Waals surface area contributed by atoms with Crippen molar-refractivity contribution in [2.75, 3.05) is 26.2 Å². The normalized spacial score (nSPS) is 14.4. The van der Waals surface area contributed by atoms with Crippen LogP contribution in [0.25, 0.3) is 0 Å². The smallest absolute Gasteiger partial charge is 0.324 e. The second kappa shape index (κ2) is 8.83. The van der Waals surface area contributed by atoms with Crippen LogP contribution in [0.2, 0.25) is 0 Å². The summed E-state index contributed by atoms with van der Waals surface area (Å²) in [4.78, 5) is 41.6. The molecule has 0 bridgehead atoms. The molecule has 1 aliphatic heterocycles. The lowest BCUT2D eigenvalue weighted by atomic mass is 10.1. The van der Waals surface area contributed by atoms with Gasteiger partial charge in [0, 0.05) is 37.1 Å².